The SMILES string of the molecule is Cc1ccc(F)cc1NC(=O)c1sccc1C#CCO. The number of nitrogens with one attached hydrogen (secondary N) is 1. The molecule has 0 radical (unpaired) electrons. The summed E-state index contributed by atoms with van der Waals surface area (Å²) in [5.74, 6) is 4.47. The van der Waals surface area contributed by atoms with Gasteiger partial charge in [0, 0.05) is 11.3 Å². The molecule has 0 saturated carbocycles. The van der Waals surface area contributed by atoms with Crippen LogP contribution in [0.1, 0.15) is 20.8 Å². The highest BCUT2D eigenvalue weighted by Crippen LogP contribution is 2.21. The van der Waals surface area contributed by atoms with Crippen molar-refractivity contribution in [2.24, 2.45) is 0 Å². The second kappa shape index (κ2) is 6.33. The van der Waals surface area contributed by atoms with Crippen molar-refractivity contribution in [2.75, 3.05) is 11.9 Å². The number of anilines is 1. The monoisotopic (exact) mass is 289 g/mol. The lowest BCUT2D eigenvalue weighted by molar-refractivity contribution is 0.103. The highest BCUT2D eigenvalue weighted by Gasteiger charge is 2.13. The summed E-state index contributed by atoms with van der Waals surface area (Å²) in [7, 11) is 0. The molecule has 0 aliphatic carbocycles. The van der Waals surface area contributed by atoms with Gasteiger partial charge >= 0.3 is 0 Å². The van der Waals surface area contributed by atoms with Gasteiger partial charge in [-0.15, -0.1) is 11.3 Å². The normalized spacial score (nSPS) is 9.75. The molecule has 0 unspecified atom stereocenters. The number of amides is 1. The molecule has 2 rings (SSSR count). The van der Waals surface area contributed by atoms with Gasteiger partial charge in [-0.2, -0.15) is 0 Å². The maximum absolute atomic E-state index is 13.2. The van der Waals surface area contributed by atoms with Crippen LogP contribution in [0.25, 0.3) is 0 Å². The van der Waals surface area contributed by atoms with Gasteiger partial charge in [-0.3, -0.25) is 4.79 Å². The van der Waals surface area contributed by atoms with Crippen LogP contribution < -0.4 is 5.32 Å². The molecule has 5 heteroatoms. The summed E-state index contributed by atoms with van der Waals surface area (Å²) >= 11 is 1.25. The zero-order chi connectivity index (χ0) is 14.5. The van der Waals surface area contributed by atoms with E-state index in [1.807, 2.05) is 0 Å². The van der Waals surface area contributed by atoms with E-state index in [0.29, 0.717) is 16.1 Å². The van der Waals surface area contributed by atoms with Crippen molar-refractivity contribution in [1.29, 1.82) is 0 Å². The Balaban J connectivity index is 2.24. The number of carbonyl (C=O) groups is 1. The number of benzene rings is 1. The number of rotatable bonds is 2. The second-order valence-electron chi connectivity index (χ2n) is 4.04. The average Bonchev–Trinajstić information content (AvgIpc) is 2.89. The molecule has 1 aromatic carbocycles. The summed E-state index contributed by atoms with van der Waals surface area (Å²) in [6.07, 6.45) is 0. The van der Waals surface area contributed by atoms with Crippen molar-refractivity contribution in [3.05, 3.63) is 51.5 Å². The highest BCUT2D eigenvalue weighted by molar-refractivity contribution is 7.12. The Kier molecular flexibility index (Phi) is 4.51. The van der Waals surface area contributed by atoms with Crippen molar-refractivity contribution < 1.29 is 14.3 Å². The van der Waals surface area contributed by atoms with E-state index < -0.39 is 5.82 Å². The zero-order valence-corrected chi connectivity index (χ0v) is 11.6. The zero-order valence-electron chi connectivity index (χ0n) is 10.7. The van der Waals surface area contributed by atoms with Crippen LogP contribution in [0.3, 0.4) is 0 Å². The van der Waals surface area contributed by atoms with Crippen molar-refractivity contribution in [3.63, 3.8) is 0 Å². The van der Waals surface area contributed by atoms with Crippen molar-refractivity contribution in [1.82, 2.24) is 0 Å². The third kappa shape index (κ3) is 3.23. The minimum absolute atomic E-state index is 0.264. The van der Waals surface area contributed by atoms with Gasteiger partial charge in [0.2, 0.25) is 0 Å². The van der Waals surface area contributed by atoms with Gasteiger partial charge in [0.1, 0.15) is 17.3 Å². The van der Waals surface area contributed by atoms with Gasteiger partial charge in [-0.1, -0.05) is 17.9 Å². The van der Waals surface area contributed by atoms with E-state index in [1.165, 1.54) is 23.5 Å². The predicted octanol–water partition coefficient (Wildman–Crippen LogP) is 2.79. The first kappa shape index (κ1) is 14.3. The molecule has 3 nitrogen and oxygen atoms in total. The minimum Gasteiger partial charge on any atom is -0.384 e. The first-order valence-corrected chi connectivity index (χ1v) is 6.74. The van der Waals surface area contributed by atoms with Gasteiger partial charge in [-0.25, -0.2) is 4.39 Å². The Labute approximate surface area is 120 Å². The molecule has 1 heterocycles. The lowest BCUT2D eigenvalue weighted by atomic mass is 10.2. The number of aliphatic hydroxyl groups excluding tert-OH is 1. The fraction of sp³-hybridized carbons (Fsp3) is 0.133. The Morgan fingerprint density at radius 3 is 3.00 bits per heavy atom. The maximum Gasteiger partial charge on any atom is 0.267 e. The van der Waals surface area contributed by atoms with E-state index in [2.05, 4.69) is 17.2 Å². The fourth-order valence-electron chi connectivity index (χ4n) is 1.63. The number of thiophene rings is 1. The Morgan fingerprint density at radius 2 is 2.25 bits per heavy atom. The Morgan fingerprint density at radius 1 is 1.45 bits per heavy atom. The minimum atomic E-state index is -0.405. The number of hydrogen-bond acceptors (Lipinski definition) is 3. The van der Waals surface area contributed by atoms with Crippen LogP contribution in [0.2, 0.25) is 0 Å². The summed E-state index contributed by atoms with van der Waals surface area (Å²) in [6, 6.07) is 5.93. The predicted molar refractivity (Wildman–Crippen MR) is 77.4 cm³/mol. The number of aryl methyl sites for hydroxylation is 1. The topological polar surface area (TPSA) is 49.3 Å². The van der Waals surface area contributed by atoms with Gasteiger partial charge in [-0.05, 0) is 36.1 Å². The van der Waals surface area contributed by atoms with Crippen molar-refractivity contribution in [2.45, 2.75) is 6.92 Å². The summed E-state index contributed by atoms with van der Waals surface area (Å²) in [5, 5.41) is 13.1. The standard InChI is InChI=1S/C15H12FNO2S/c1-10-4-5-12(16)9-13(10)17-15(19)14-11(3-2-7-18)6-8-20-14/h4-6,8-9,18H,7H2,1H3,(H,17,19). The van der Waals surface area contributed by atoms with E-state index >= 15 is 0 Å². The summed E-state index contributed by atoms with van der Waals surface area (Å²) in [6.45, 7) is 1.52. The van der Waals surface area contributed by atoms with Crippen LogP contribution in [0, 0.1) is 24.6 Å². The number of aliphatic hydroxyl groups is 1. The van der Waals surface area contributed by atoms with E-state index in [9.17, 15) is 9.18 Å². The first-order valence-electron chi connectivity index (χ1n) is 5.86. The molecule has 2 N–H and O–H groups in total. The van der Waals surface area contributed by atoms with Gasteiger partial charge < -0.3 is 10.4 Å². The van der Waals surface area contributed by atoms with Gasteiger partial charge in [0.15, 0.2) is 0 Å². The lowest BCUT2D eigenvalue weighted by Crippen LogP contribution is -2.12. The Hall–Kier alpha value is -2.16. The van der Waals surface area contributed by atoms with E-state index in [4.69, 9.17) is 5.11 Å². The number of halogens is 1. The third-order valence-electron chi connectivity index (χ3n) is 2.62. The molecule has 1 amide bonds. The maximum atomic E-state index is 13.2. The summed E-state index contributed by atoms with van der Waals surface area (Å²) in [5.41, 5.74) is 1.76. The van der Waals surface area contributed by atoms with Gasteiger partial charge in [0.25, 0.3) is 5.91 Å². The fourth-order valence-corrected chi connectivity index (χ4v) is 2.37. The number of hydrogen-bond donors (Lipinski definition) is 2. The smallest absolute Gasteiger partial charge is 0.267 e. The Bertz CT molecular complexity index is 697. The van der Waals surface area contributed by atoms with Crippen LogP contribution in [-0.4, -0.2) is 17.6 Å². The molecule has 2 aromatic rings. The van der Waals surface area contributed by atoms with E-state index in [1.54, 1.807) is 24.4 Å². The largest absolute Gasteiger partial charge is 0.384 e. The van der Waals surface area contributed by atoms with Crippen LogP contribution in [0.4, 0.5) is 10.1 Å². The van der Waals surface area contributed by atoms with Crippen LogP contribution >= 0.6 is 11.3 Å². The molecule has 0 aliphatic heterocycles. The second-order valence-corrected chi connectivity index (χ2v) is 4.95. The molecule has 0 atom stereocenters. The first-order chi connectivity index (χ1) is 9.61. The van der Waals surface area contributed by atoms with Gasteiger partial charge in [0.05, 0.1) is 0 Å². The summed E-state index contributed by atoms with van der Waals surface area (Å²) in [4.78, 5) is 12.6. The molecule has 1 aromatic heterocycles. The van der Waals surface area contributed by atoms with Crippen LogP contribution in [-0.2, 0) is 0 Å². The lowest BCUT2D eigenvalue weighted by Gasteiger charge is -2.07. The molecule has 0 aliphatic rings. The highest BCUT2D eigenvalue weighted by atomic mass is 32.1. The van der Waals surface area contributed by atoms with Crippen molar-refractivity contribution in [3.8, 4) is 11.8 Å². The molecule has 0 saturated heterocycles. The quantitative estimate of drug-likeness (QED) is 0.835. The van der Waals surface area contributed by atoms with E-state index in [-0.39, 0.29) is 12.5 Å². The average molecular weight is 289 g/mol. The molecular formula is C15H12FNO2S. The van der Waals surface area contributed by atoms with Crippen LogP contribution in [0.15, 0.2) is 29.6 Å². The molecule has 0 bridgehead atoms. The van der Waals surface area contributed by atoms with Crippen molar-refractivity contribution >= 4 is 22.9 Å². The van der Waals surface area contributed by atoms with Crippen LogP contribution in [0.5, 0.6) is 0 Å². The molecule has 20 heavy (non-hydrogen) atoms. The molecular weight excluding hydrogens is 277 g/mol. The van der Waals surface area contributed by atoms with E-state index in [0.717, 1.165) is 5.56 Å². The number of carbonyl (C=O) groups excluding carboxylic acids is 1. The summed E-state index contributed by atoms with van der Waals surface area (Å²) < 4.78 is 13.2. The molecule has 0 spiro atoms. The third-order valence-corrected chi connectivity index (χ3v) is 3.53. The molecule has 102 valence electrons. The molecule has 0 fully saturated rings.